The van der Waals surface area contributed by atoms with E-state index in [0.29, 0.717) is 18.8 Å². The molecular formula is C19H19FN2O3. The maximum Gasteiger partial charge on any atom is 0.311 e. The number of nitrogens with zero attached hydrogens (tertiary/aromatic N) is 2. The minimum Gasteiger partial charge on any atom is -0.469 e. The average molecular weight is 342 g/mol. The molecule has 2 heterocycles. The second-order valence-electron chi connectivity index (χ2n) is 6.08. The van der Waals surface area contributed by atoms with E-state index in [-0.39, 0.29) is 30.0 Å². The molecule has 1 amide bonds. The SMILES string of the molecule is COC(=O)[C@H]1CN(C(=O)Cc2ccccn2)C[C@@H]1c1ccc(F)cc1. The van der Waals surface area contributed by atoms with Gasteiger partial charge in [0.2, 0.25) is 5.91 Å². The van der Waals surface area contributed by atoms with Crippen molar-refractivity contribution in [2.24, 2.45) is 5.92 Å². The van der Waals surface area contributed by atoms with E-state index in [1.165, 1.54) is 19.2 Å². The molecule has 0 saturated carbocycles. The maximum absolute atomic E-state index is 13.2. The van der Waals surface area contributed by atoms with Crippen molar-refractivity contribution in [1.29, 1.82) is 0 Å². The Bertz CT molecular complexity index is 749. The fraction of sp³-hybridized carbons (Fsp3) is 0.316. The summed E-state index contributed by atoms with van der Waals surface area (Å²) in [5.41, 5.74) is 1.51. The number of ether oxygens (including phenoxy) is 1. The lowest BCUT2D eigenvalue weighted by atomic mass is 9.89. The van der Waals surface area contributed by atoms with E-state index in [1.807, 2.05) is 6.07 Å². The van der Waals surface area contributed by atoms with Crippen molar-refractivity contribution in [2.45, 2.75) is 12.3 Å². The molecule has 1 saturated heterocycles. The summed E-state index contributed by atoms with van der Waals surface area (Å²) in [5.74, 6) is -1.44. The minimum absolute atomic E-state index is 0.0859. The number of likely N-dealkylation sites (tertiary alicyclic amines) is 1. The van der Waals surface area contributed by atoms with Gasteiger partial charge in [-0.3, -0.25) is 14.6 Å². The van der Waals surface area contributed by atoms with Gasteiger partial charge in [-0.1, -0.05) is 18.2 Å². The summed E-state index contributed by atoms with van der Waals surface area (Å²) < 4.78 is 18.1. The van der Waals surface area contributed by atoms with Crippen molar-refractivity contribution >= 4 is 11.9 Å². The number of pyridine rings is 1. The number of aromatic nitrogens is 1. The van der Waals surface area contributed by atoms with Crippen LogP contribution >= 0.6 is 0 Å². The van der Waals surface area contributed by atoms with Crippen LogP contribution in [0.3, 0.4) is 0 Å². The highest BCUT2D eigenvalue weighted by atomic mass is 19.1. The number of halogens is 1. The summed E-state index contributed by atoms with van der Waals surface area (Å²) in [6, 6.07) is 11.5. The summed E-state index contributed by atoms with van der Waals surface area (Å²) in [6.07, 6.45) is 1.83. The van der Waals surface area contributed by atoms with Gasteiger partial charge in [-0.25, -0.2) is 4.39 Å². The first-order chi connectivity index (χ1) is 12.1. The van der Waals surface area contributed by atoms with E-state index in [2.05, 4.69) is 4.98 Å². The first-order valence-corrected chi connectivity index (χ1v) is 8.09. The number of carbonyl (C=O) groups is 2. The Morgan fingerprint density at radius 3 is 2.60 bits per heavy atom. The third-order valence-electron chi connectivity index (χ3n) is 4.53. The maximum atomic E-state index is 13.2. The highest BCUT2D eigenvalue weighted by Crippen LogP contribution is 2.34. The Morgan fingerprint density at radius 1 is 1.20 bits per heavy atom. The van der Waals surface area contributed by atoms with Gasteiger partial charge in [0.1, 0.15) is 5.82 Å². The van der Waals surface area contributed by atoms with Crippen LogP contribution in [0.5, 0.6) is 0 Å². The summed E-state index contributed by atoms with van der Waals surface area (Å²) >= 11 is 0. The Kier molecular flexibility index (Phi) is 5.07. The Morgan fingerprint density at radius 2 is 1.96 bits per heavy atom. The van der Waals surface area contributed by atoms with Gasteiger partial charge < -0.3 is 9.64 Å². The van der Waals surface area contributed by atoms with Gasteiger partial charge in [0.15, 0.2) is 0 Å². The zero-order chi connectivity index (χ0) is 17.8. The first kappa shape index (κ1) is 17.1. The van der Waals surface area contributed by atoms with Crippen molar-refractivity contribution in [3.63, 3.8) is 0 Å². The van der Waals surface area contributed by atoms with Gasteiger partial charge in [0, 0.05) is 30.9 Å². The average Bonchev–Trinajstić information content (AvgIpc) is 3.08. The molecule has 1 aromatic carbocycles. The first-order valence-electron chi connectivity index (χ1n) is 8.09. The third-order valence-corrected chi connectivity index (χ3v) is 4.53. The summed E-state index contributed by atoms with van der Waals surface area (Å²) in [6.45, 7) is 0.692. The van der Waals surface area contributed by atoms with E-state index >= 15 is 0 Å². The minimum atomic E-state index is -0.455. The molecule has 2 atom stereocenters. The van der Waals surface area contributed by atoms with Crippen molar-refractivity contribution in [3.8, 4) is 0 Å². The lowest BCUT2D eigenvalue weighted by molar-refractivity contribution is -0.145. The van der Waals surface area contributed by atoms with E-state index < -0.39 is 5.92 Å². The lowest BCUT2D eigenvalue weighted by Gasteiger charge is -2.16. The molecule has 0 aliphatic carbocycles. The van der Waals surface area contributed by atoms with Gasteiger partial charge in [-0.2, -0.15) is 0 Å². The van der Waals surface area contributed by atoms with Gasteiger partial charge in [0.25, 0.3) is 0 Å². The number of methoxy groups -OCH3 is 1. The van der Waals surface area contributed by atoms with Gasteiger partial charge in [-0.05, 0) is 29.8 Å². The molecular weight excluding hydrogens is 323 g/mol. The number of hydrogen-bond acceptors (Lipinski definition) is 4. The molecule has 5 nitrogen and oxygen atoms in total. The molecule has 0 unspecified atom stereocenters. The van der Waals surface area contributed by atoms with Crippen molar-refractivity contribution < 1.29 is 18.7 Å². The largest absolute Gasteiger partial charge is 0.469 e. The number of esters is 1. The molecule has 25 heavy (non-hydrogen) atoms. The van der Waals surface area contributed by atoms with Crippen LogP contribution in [0.1, 0.15) is 17.2 Å². The molecule has 3 rings (SSSR count). The molecule has 2 aromatic rings. The zero-order valence-corrected chi connectivity index (χ0v) is 13.9. The van der Waals surface area contributed by atoms with E-state index in [1.54, 1.807) is 35.4 Å². The van der Waals surface area contributed by atoms with Crippen molar-refractivity contribution in [2.75, 3.05) is 20.2 Å². The van der Waals surface area contributed by atoms with Crippen LogP contribution < -0.4 is 0 Å². The van der Waals surface area contributed by atoms with Gasteiger partial charge in [0.05, 0.1) is 19.4 Å². The van der Waals surface area contributed by atoms with Crippen LogP contribution in [-0.4, -0.2) is 42.0 Å². The number of amides is 1. The zero-order valence-electron chi connectivity index (χ0n) is 13.9. The molecule has 1 aliphatic rings. The van der Waals surface area contributed by atoms with Crippen molar-refractivity contribution in [3.05, 3.63) is 65.7 Å². The third kappa shape index (κ3) is 3.84. The summed E-state index contributed by atoms with van der Waals surface area (Å²) in [4.78, 5) is 30.5. The second-order valence-corrected chi connectivity index (χ2v) is 6.08. The number of rotatable bonds is 4. The predicted octanol–water partition coefficient (Wildman–Crippen LogP) is 2.18. The highest BCUT2D eigenvalue weighted by Gasteiger charge is 2.41. The van der Waals surface area contributed by atoms with E-state index in [9.17, 15) is 14.0 Å². The van der Waals surface area contributed by atoms with Gasteiger partial charge >= 0.3 is 5.97 Å². The molecule has 0 bridgehead atoms. The van der Waals surface area contributed by atoms with E-state index in [0.717, 1.165) is 5.56 Å². The number of benzene rings is 1. The van der Waals surface area contributed by atoms with E-state index in [4.69, 9.17) is 4.74 Å². The molecule has 1 fully saturated rings. The molecule has 0 radical (unpaired) electrons. The molecule has 130 valence electrons. The monoisotopic (exact) mass is 342 g/mol. The number of hydrogen-bond donors (Lipinski definition) is 0. The van der Waals surface area contributed by atoms with Crippen LogP contribution in [0.4, 0.5) is 4.39 Å². The van der Waals surface area contributed by atoms with Crippen molar-refractivity contribution in [1.82, 2.24) is 9.88 Å². The summed E-state index contributed by atoms with van der Waals surface area (Å²) in [5, 5.41) is 0. The van der Waals surface area contributed by atoms with Gasteiger partial charge in [-0.15, -0.1) is 0 Å². The smallest absolute Gasteiger partial charge is 0.311 e. The Balaban J connectivity index is 1.77. The second kappa shape index (κ2) is 7.42. The van der Waals surface area contributed by atoms with Crippen LogP contribution in [0.15, 0.2) is 48.7 Å². The summed E-state index contributed by atoms with van der Waals surface area (Å²) in [7, 11) is 1.34. The quantitative estimate of drug-likeness (QED) is 0.799. The highest BCUT2D eigenvalue weighted by molar-refractivity contribution is 5.81. The lowest BCUT2D eigenvalue weighted by Crippen LogP contribution is -2.31. The Hall–Kier alpha value is -2.76. The molecule has 1 aliphatic heterocycles. The fourth-order valence-corrected chi connectivity index (χ4v) is 3.21. The number of carbonyl (C=O) groups excluding carboxylic acids is 2. The molecule has 0 spiro atoms. The van der Waals surface area contributed by atoms with Crippen LogP contribution in [-0.2, 0) is 20.7 Å². The Labute approximate surface area is 145 Å². The fourth-order valence-electron chi connectivity index (χ4n) is 3.21. The molecule has 0 N–H and O–H groups in total. The molecule has 1 aromatic heterocycles. The van der Waals surface area contributed by atoms with Crippen LogP contribution in [0.25, 0.3) is 0 Å². The van der Waals surface area contributed by atoms with Crippen LogP contribution in [0, 0.1) is 11.7 Å². The normalized spacial score (nSPS) is 19.7. The standard InChI is InChI=1S/C19H19FN2O3/c1-25-19(24)17-12-22(18(23)10-15-4-2-3-9-21-15)11-16(17)13-5-7-14(20)8-6-13/h2-9,16-17H,10-12H2,1H3/t16-,17+/m1/s1. The van der Waals surface area contributed by atoms with Crippen LogP contribution in [0.2, 0.25) is 0 Å². The predicted molar refractivity (Wildman–Crippen MR) is 89.2 cm³/mol. The topological polar surface area (TPSA) is 59.5 Å². The molecule has 6 heteroatoms.